The molecule has 100 valence electrons. The van der Waals surface area contributed by atoms with Crippen LogP contribution in [0.4, 0.5) is 0 Å². The van der Waals surface area contributed by atoms with Crippen LogP contribution in [0.1, 0.15) is 34.1 Å². The second-order valence-corrected chi connectivity index (χ2v) is 6.20. The van der Waals surface area contributed by atoms with E-state index in [1.54, 1.807) is 11.8 Å². The number of ether oxygens (including phenoxy) is 1. The Morgan fingerprint density at radius 3 is 2.24 bits per heavy atom. The molecule has 0 aliphatic carbocycles. The first-order chi connectivity index (χ1) is 7.86. The number of carbonyl (C=O) groups is 2. The van der Waals surface area contributed by atoms with Crippen LogP contribution in [0.15, 0.2) is 0 Å². The van der Waals surface area contributed by atoms with Crippen molar-refractivity contribution in [1.82, 2.24) is 5.32 Å². The van der Waals surface area contributed by atoms with E-state index in [9.17, 15) is 9.59 Å². The number of esters is 1. The van der Waals surface area contributed by atoms with Gasteiger partial charge in [0.25, 0.3) is 0 Å². The summed E-state index contributed by atoms with van der Waals surface area (Å²) in [6.07, 6.45) is 0.602. The van der Waals surface area contributed by atoms with Crippen molar-refractivity contribution in [2.24, 2.45) is 5.92 Å². The molecule has 1 N–H and O–H groups in total. The molecule has 1 amide bonds. The molecular formula is C12H23NO3S. The SMILES string of the molecule is COC(=O)C(CC(C)C)NC(=O)CSC(C)C. The van der Waals surface area contributed by atoms with Crippen molar-refractivity contribution in [3.05, 3.63) is 0 Å². The highest BCUT2D eigenvalue weighted by atomic mass is 32.2. The Balaban J connectivity index is 4.22. The molecule has 0 spiro atoms. The second-order valence-electron chi connectivity index (χ2n) is 4.63. The highest BCUT2D eigenvalue weighted by Gasteiger charge is 2.22. The van der Waals surface area contributed by atoms with Crippen molar-refractivity contribution in [2.45, 2.75) is 45.4 Å². The number of amides is 1. The van der Waals surface area contributed by atoms with E-state index in [2.05, 4.69) is 10.1 Å². The number of nitrogens with one attached hydrogen (secondary N) is 1. The van der Waals surface area contributed by atoms with Crippen LogP contribution < -0.4 is 5.32 Å². The van der Waals surface area contributed by atoms with Crippen molar-refractivity contribution < 1.29 is 14.3 Å². The number of hydrogen-bond donors (Lipinski definition) is 1. The van der Waals surface area contributed by atoms with E-state index >= 15 is 0 Å². The van der Waals surface area contributed by atoms with Crippen LogP contribution in [0.2, 0.25) is 0 Å². The summed E-state index contributed by atoms with van der Waals surface area (Å²) in [5, 5.41) is 3.13. The minimum atomic E-state index is -0.528. The van der Waals surface area contributed by atoms with Gasteiger partial charge in [0.2, 0.25) is 5.91 Å². The van der Waals surface area contributed by atoms with Gasteiger partial charge >= 0.3 is 5.97 Å². The average Bonchev–Trinajstić information content (AvgIpc) is 2.23. The maximum absolute atomic E-state index is 11.6. The molecule has 0 aromatic heterocycles. The lowest BCUT2D eigenvalue weighted by Crippen LogP contribution is -2.43. The zero-order valence-corrected chi connectivity index (χ0v) is 12.1. The molecule has 0 bridgehead atoms. The van der Waals surface area contributed by atoms with E-state index in [1.165, 1.54) is 7.11 Å². The van der Waals surface area contributed by atoms with Gasteiger partial charge in [0.1, 0.15) is 6.04 Å². The predicted octanol–water partition coefficient (Wildman–Crippen LogP) is 1.83. The largest absolute Gasteiger partial charge is 0.467 e. The fourth-order valence-corrected chi connectivity index (χ4v) is 1.87. The maximum atomic E-state index is 11.6. The first-order valence-corrected chi connectivity index (χ1v) is 6.90. The standard InChI is InChI=1S/C12H23NO3S/c1-8(2)6-10(12(15)16-5)13-11(14)7-17-9(3)4/h8-10H,6-7H2,1-5H3,(H,13,14). The number of carbonyl (C=O) groups excluding carboxylic acids is 2. The summed E-state index contributed by atoms with van der Waals surface area (Å²) in [6.45, 7) is 8.07. The van der Waals surface area contributed by atoms with Gasteiger partial charge in [-0.05, 0) is 17.6 Å². The van der Waals surface area contributed by atoms with Gasteiger partial charge < -0.3 is 10.1 Å². The van der Waals surface area contributed by atoms with Crippen LogP contribution >= 0.6 is 11.8 Å². The quantitative estimate of drug-likeness (QED) is 0.710. The molecule has 0 heterocycles. The third kappa shape index (κ3) is 8.07. The molecule has 0 saturated carbocycles. The number of thioether (sulfide) groups is 1. The van der Waals surface area contributed by atoms with Crippen molar-refractivity contribution in [1.29, 1.82) is 0 Å². The maximum Gasteiger partial charge on any atom is 0.328 e. The van der Waals surface area contributed by atoms with Gasteiger partial charge in [-0.1, -0.05) is 27.7 Å². The van der Waals surface area contributed by atoms with Crippen LogP contribution in [0.25, 0.3) is 0 Å². The highest BCUT2D eigenvalue weighted by Crippen LogP contribution is 2.10. The third-order valence-electron chi connectivity index (χ3n) is 2.08. The van der Waals surface area contributed by atoms with E-state index in [1.807, 2.05) is 27.7 Å². The zero-order chi connectivity index (χ0) is 13.4. The van der Waals surface area contributed by atoms with Gasteiger partial charge in [-0.25, -0.2) is 4.79 Å². The molecule has 0 aliphatic rings. The molecule has 5 heteroatoms. The Morgan fingerprint density at radius 2 is 1.82 bits per heavy atom. The first kappa shape index (κ1) is 16.3. The van der Waals surface area contributed by atoms with Crippen molar-refractivity contribution in [3.63, 3.8) is 0 Å². The average molecular weight is 261 g/mol. The summed E-state index contributed by atoms with van der Waals surface area (Å²) in [5.41, 5.74) is 0. The van der Waals surface area contributed by atoms with Gasteiger partial charge in [-0.15, -0.1) is 11.8 Å². The Morgan fingerprint density at radius 1 is 1.24 bits per heavy atom. The van der Waals surface area contributed by atoms with E-state index in [0.29, 0.717) is 23.3 Å². The number of rotatable bonds is 7. The topological polar surface area (TPSA) is 55.4 Å². The van der Waals surface area contributed by atoms with Crippen LogP contribution in [0.5, 0.6) is 0 Å². The van der Waals surface area contributed by atoms with Crippen molar-refractivity contribution >= 4 is 23.6 Å². The Hall–Kier alpha value is -0.710. The molecule has 1 atom stereocenters. The minimum absolute atomic E-state index is 0.111. The monoisotopic (exact) mass is 261 g/mol. The molecule has 1 unspecified atom stereocenters. The van der Waals surface area contributed by atoms with Crippen molar-refractivity contribution in [2.75, 3.05) is 12.9 Å². The van der Waals surface area contributed by atoms with Gasteiger partial charge in [-0.3, -0.25) is 4.79 Å². The third-order valence-corrected chi connectivity index (χ3v) is 3.17. The van der Waals surface area contributed by atoms with Crippen LogP contribution in [0, 0.1) is 5.92 Å². The molecule has 0 fully saturated rings. The highest BCUT2D eigenvalue weighted by molar-refractivity contribution is 8.00. The lowest BCUT2D eigenvalue weighted by atomic mass is 10.0. The summed E-state index contributed by atoms with van der Waals surface area (Å²) in [6, 6.07) is -0.528. The first-order valence-electron chi connectivity index (χ1n) is 5.85. The van der Waals surface area contributed by atoms with Crippen molar-refractivity contribution in [3.8, 4) is 0 Å². The van der Waals surface area contributed by atoms with Crippen LogP contribution in [-0.2, 0) is 14.3 Å². The smallest absolute Gasteiger partial charge is 0.328 e. The van der Waals surface area contributed by atoms with Gasteiger partial charge in [0.05, 0.1) is 12.9 Å². The lowest BCUT2D eigenvalue weighted by Gasteiger charge is -2.18. The van der Waals surface area contributed by atoms with Gasteiger partial charge in [0, 0.05) is 0 Å². The summed E-state index contributed by atoms with van der Waals surface area (Å²) in [7, 11) is 1.34. The summed E-state index contributed by atoms with van der Waals surface area (Å²) in [4.78, 5) is 23.1. The second kappa shape index (κ2) is 8.39. The summed E-state index contributed by atoms with van der Waals surface area (Å²) in [5.74, 6) is 0.224. The fourth-order valence-electron chi connectivity index (χ4n) is 1.31. The lowest BCUT2D eigenvalue weighted by molar-refractivity contribution is -0.145. The molecular weight excluding hydrogens is 238 g/mol. The minimum Gasteiger partial charge on any atom is -0.467 e. The molecule has 4 nitrogen and oxygen atoms in total. The molecule has 0 aliphatic heterocycles. The summed E-state index contributed by atoms with van der Waals surface area (Å²) >= 11 is 1.56. The normalized spacial score (nSPS) is 12.6. The van der Waals surface area contributed by atoms with Gasteiger partial charge in [0.15, 0.2) is 0 Å². The molecule has 0 radical (unpaired) electrons. The zero-order valence-electron chi connectivity index (χ0n) is 11.3. The molecule has 0 saturated heterocycles. The molecule has 0 aromatic carbocycles. The molecule has 0 aromatic rings. The van der Waals surface area contributed by atoms with E-state index in [-0.39, 0.29) is 11.9 Å². The molecule has 0 rings (SSSR count). The van der Waals surface area contributed by atoms with Gasteiger partial charge in [-0.2, -0.15) is 0 Å². The Labute approximate surface area is 108 Å². The van der Waals surface area contributed by atoms with Crippen LogP contribution in [0.3, 0.4) is 0 Å². The van der Waals surface area contributed by atoms with Crippen LogP contribution in [-0.4, -0.2) is 36.0 Å². The number of hydrogen-bond acceptors (Lipinski definition) is 4. The molecule has 17 heavy (non-hydrogen) atoms. The summed E-state index contributed by atoms with van der Waals surface area (Å²) < 4.78 is 4.68. The van der Waals surface area contributed by atoms with E-state index < -0.39 is 6.04 Å². The Bertz CT molecular complexity index is 254. The number of methoxy groups -OCH3 is 1. The fraction of sp³-hybridized carbons (Fsp3) is 0.833. The Kier molecular flexibility index (Phi) is 8.04. The van der Waals surface area contributed by atoms with E-state index in [0.717, 1.165) is 0 Å². The van der Waals surface area contributed by atoms with E-state index in [4.69, 9.17) is 0 Å². The predicted molar refractivity (Wildman–Crippen MR) is 71.0 cm³/mol.